The van der Waals surface area contributed by atoms with E-state index in [1.54, 1.807) is 24.3 Å². The Hall–Kier alpha value is -3.10. The van der Waals surface area contributed by atoms with Gasteiger partial charge in [0, 0.05) is 10.7 Å². The fraction of sp³-hybridized carbons (Fsp3) is 0.136. The first-order valence-corrected chi connectivity index (χ1v) is 11.2. The highest BCUT2D eigenvalue weighted by Crippen LogP contribution is 2.27. The molecule has 3 aromatic carbocycles. The van der Waals surface area contributed by atoms with E-state index in [1.807, 2.05) is 6.92 Å². The summed E-state index contributed by atoms with van der Waals surface area (Å²) >= 11 is 5.88. The number of nitrogens with zero attached hydrogens (tertiary/aromatic N) is 1. The molecule has 0 fully saturated rings. The number of carbonyl (C=O) groups is 1. The van der Waals surface area contributed by atoms with Crippen LogP contribution in [0.25, 0.3) is 0 Å². The van der Waals surface area contributed by atoms with Gasteiger partial charge in [-0.3, -0.25) is 9.10 Å². The Balaban J connectivity index is 1.93. The molecule has 0 bridgehead atoms. The quantitative estimate of drug-likeness (QED) is 0.526. The maximum atomic E-state index is 13.4. The molecule has 31 heavy (non-hydrogen) atoms. The van der Waals surface area contributed by atoms with Gasteiger partial charge in [0.25, 0.3) is 10.0 Å². The third-order valence-electron chi connectivity index (χ3n) is 4.23. The summed E-state index contributed by atoms with van der Waals surface area (Å²) in [5.41, 5.74) is 0.494. The molecule has 3 rings (SSSR count). The van der Waals surface area contributed by atoms with E-state index in [-0.39, 0.29) is 16.3 Å². The molecule has 0 heterocycles. The minimum Gasteiger partial charge on any atom is -0.494 e. The molecular formula is C22H20ClFN2O4S. The first-order valence-electron chi connectivity index (χ1n) is 9.36. The number of sulfonamides is 1. The number of halogens is 2. The minimum absolute atomic E-state index is 0.0238. The zero-order valence-electron chi connectivity index (χ0n) is 16.6. The smallest absolute Gasteiger partial charge is 0.264 e. The number of hydrogen-bond donors (Lipinski definition) is 1. The number of rotatable bonds is 8. The van der Waals surface area contributed by atoms with E-state index in [0.29, 0.717) is 17.4 Å². The lowest BCUT2D eigenvalue weighted by Gasteiger charge is -2.24. The van der Waals surface area contributed by atoms with Crippen LogP contribution in [0.3, 0.4) is 0 Å². The Morgan fingerprint density at radius 3 is 2.35 bits per heavy atom. The van der Waals surface area contributed by atoms with Gasteiger partial charge in [-0.2, -0.15) is 0 Å². The van der Waals surface area contributed by atoms with Crippen LogP contribution in [0.4, 0.5) is 15.8 Å². The van der Waals surface area contributed by atoms with E-state index in [9.17, 15) is 17.6 Å². The molecule has 1 amide bonds. The molecule has 0 spiro atoms. The standard InChI is InChI=1S/C22H20ClFN2O4S/c1-2-30-20-10-8-19(9-11-20)26(31(28,29)21-12-6-16(23)7-13-21)15-22(27)25-18-5-3-4-17(24)14-18/h3-14H,2,15H2,1H3,(H,25,27). The van der Waals surface area contributed by atoms with Gasteiger partial charge >= 0.3 is 0 Å². The molecule has 0 unspecified atom stereocenters. The lowest BCUT2D eigenvalue weighted by atomic mass is 10.3. The summed E-state index contributed by atoms with van der Waals surface area (Å²) in [6, 6.07) is 17.3. The molecule has 0 radical (unpaired) electrons. The summed E-state index contributed by atoms with van der Waals surface area (Å²) in [5.74, 6) is -0.578. The van der Waals surface area contributed by atoms with Crippen LogP contribution in [0.5, 0.6) is 5.75 Å². The number of nitrogens with one attached hydrogen (secondary N) is 1. The molecule has 6 nitrogen and oxygen atoms in total. The Morgan fingerprint density at radius 1 is 1.06 bits per heavy atom. The van der Waals surface area contributed by atoms with Crippen molar-refractivity contribution in [2.45, 2.75) is 11.8 Å². The van der Waals surface area contributed by atoms with Crippen LogP contribution in [0.1, 0.15) is 6.92 Å². The Labute approximate surface area is 185 Å². The second-order valence-electron chi connectivity index (χ2n) is 6.45. The summed E-state index contributed by atoms with van der Waals surface area (Å²) in [6.45, 7) is 1.78. The summed E-state index contributed by atoms with van der Waals surface area (Å²) < 4.78 is 46.4. The first kappa shape index (κ1) is 22.6. The van der Waals surface area contributed by atoms with Crippen LogP contribution >= 0.6 is 11.6 Å². The molecule has 1 N–H and O–H groups in total. The average molecular weight is 463 g/mol. The number of benzene rings is 3. The van der Waals surface area contributed by atoms with Gasteiger partial charge in [0.15, 0.2) is 0 Å². The Bertz CT molecular complexity index is 1150. The zero-order valence-corrected chi connectivity index (χ0v) is 18.2. The highest BCUT2D eigenvalue weighted by Gasteiger charge is 2.27. The molecule has 0 saturated heterocycles. The SMILES string of the molecule is CCOc1ccc(N(CC(=O)Nc2cccc(F)c2)S(=O)(=O)c2ccc(Cl)cc2)cc1. The molecule has 9 heteroatoms. The van der Waals surface area contributed by atoms with Crippen molar-refractivity contribution in [1.82, 2.24) is 0 Å². The maximum Gasteiger partial charge on any atom is 0.264 e. The molecule has 162 valence electrons. The van der Waals surface area contributed by atoms with Crippen molar-refractivity contribution in [3.8, 4) is 5.75 Å². The van der Waals surface area contributed by atoms with Crippen molar-refractivity contribution in [2.75, 3.05) is 22.8 Å². The predicted molar refractivity (Wildman–Crippen MR) is 119 cm³/mol. The molecule has 0 aliphatic heterocycles. The van der Waals surface area contributed by atoms with Crippen molar-refractivity contribution in [2.24, 2.45) is 0 Å². The number of hydrogen-bond acceptors (Lipinski definition) is 4. The summed E-state index contributed by atoms with van der Waals surface area (Å²) in [4.78, 5) is 12.6. The van der Waals surface area contributed by atoms with Gasteiger partial charge in [0.2, 0.25) is 5.91 Å². The van der Waals surface area contributed by atoms with Gasteiger partial charge in [0.05, 0.1) is 17.2 Å². The molecule has 3 aromatic rings. The number of anilines is 2. The molecule has 0 aromatic heterocycles. The van der Waals surface area contributed by atoms with Gasteiger partial charge in [-0.25, -0.2) is 12.8 Å². The topological polar surface area (TPSA) is 75.7 Å². The monoisotopic (exact) mass is 462 g/mol. The van der Waals surface area contributed by atoms with Gasteiger partial charge in [0.1, 0.15) is 18.1 Å². The normalized spacial score (nSPS) is 11.1. The highest BCUT2D eigenvalue weighted by molar-refractivity contribution is 7.92. The molecule has 0 atom stereocenters. The Kier molecular flexibility index (Phi) is 7.14. The van der Waals surface area contributed by atoms with Crippen molar-refractivity contribution in [3.05, 3.63) is 83.6 Å². The summed E-state index contributed by atoms with van der Waals surface area (Å²) in [5, 5.41) is 2.90. The third-order valence-corrected chi connectivity index (χ3v) is 6.27. The van der Waals surface area contributed by atoms with Gasteiger partial charge in [-0.05, 0) is 73.7 Å². The first-order chi connectivity index (χ1) is 14.8. The van der Waals surface area contributed by atoms with Crippen molar-refractivity contribution < 1.29 is 22.3 Å². The van der Waals surface area contributed by atoms with Crippen molar-refractivity contribution >= 4 is 38.9 Å². The molecule has 0 aliphatic rings. The Morgan fingerprint density at radius 2 is 1.74 bits per heavy atom. The lowest BCUT2D eigenvalue weighted by molar-refractivity contribution is -0.114. The van der Waals surface area contributed by atoms with Crippen LogP contribution < -0.4 is 14.4 Å². The number of ether oxygens (including phenoxy) is 1. The lowest BCUT2D eigenvalue weighted by Crippen LogP contribution is -2.38. The minimum atomic E-state index is -4.09. The molecule has 0 aliphatic carbocycles. The van der Waals surface area contributed by atoms with Gasteiger partial charge in [-0.1, -0.05) is 17.7 Å². The van der Waals surface area contributed by atoms with Crippen molar-refractivity contribution in [1.29, 1.82) is 0 Å². The van der Waals surface area contributed by atoms with E-state index in [4.69, 9.17) is 16.3 Å². The highest BCUT2D eigenvalue weighted by atomic mass is 35.5. The van der Waals surface area contributed by atoms with Crippen LogP contribution in [-0.4, -0.2) is 27.5 Å². The van der Waals surface area contributed by atoms with Crippen LogP contribution in [-0.2, 0) is 14.8 Å². The van der Waals surface area contributed by atoms with E-state index < -0.39 is 28.3 Å². The van der Waals surface area contributed by atoms with Gasteiger partial charge < -0.3 is 10.1 Å². The molecule has 0 saturated carbocycles. The van der Waals surface area contributed by atoms with Gasteiger partial charge in [-0.15, -0.1) is 0 Å². The largest absolute Gasteiger partial charge is 0.494 e. The second-order valence-corrected chi connectivity index (χ2v) is 8.75. The average Bonchev–Trinajstić information content (AvgIpc) is 2.73. The van der Waals surface area contributed by atoms with Crippen LogP contribution in [0.2, 0.25) is 5.02 Å². The summed E-state index contributed by atoms with van der Waals surface area (Å²) in [7, 11) is -4.09. The van der Waals surface area contributed by atoms with E-state index >= 15 is 0 Å². The second kappa shape index (κ2) is 9.80. The zero-order chi connectivity index (χ0) is 22.4. The van der Waals surface area contributed by atoms with E-state index in [2.05, 4.69) is 5.32 Å². The third kappa shape index (κ3) is 5.74. The predicted octanol–water partition coefficient (Wildman–Crippen LogP) is 4.71. The van der Waals surface area contributed by atoms with E-state index in [1.165, 1.54) is 42.5 Å². The van der Waals surface area contributed by atoms with E-state index in [0.717, 1.165) is 10.4 Å². The van der Waals surface area contributed by atoms with Crippen molar-refractivity contribution in [3.63, 3.8) is 0 Å². The maximum absolute atomic E-state index is 13.4. The van der Waals surface area contributed by atoms with Crippen LogP contribution in [0, 0.1) is 5.82 Å². The fourth-order valence-electron chi connectivity index (χ4n) is 2.82. The van der Waals surface area contributed by atoms with Crippen LogP contribution in [0.15, 0.2) is 77.7 Å². The fourth-order valence-corrected chi connectivity index (χ4v) is 4.37. The number of amides is 1. The summed E-state index contributed by atoms with van der Waals surface area (Å²) in [6.07, 6.45) is 0. The molecular weight excluding hydrogens is 443 g/mol. The number of carbonyl (C=O) groups excluding carboxylic acids is 1.